The lowest BCUT2D eigenvalue weighted by atomic mass is 10.2. The van der Waals surface area contributed by atoms with Crippen LogP contribution < -0.4 is 5.32 Å². The van der Waals surface area contributed by atoms with Crippen LogP contribution in [0.3, 0.4) is 0 Å². The Morgan fingerprint density at radius 1 is 1.62 bits per heavy atom. The van der Waals surface area contributed by atoms with Gasteiger partial charge in [-0.25, -0.2) is 0 Å². The Bertz CT molecular complexity index is 560. The number of thiocarbonyl (C=S) groups is 1. The smallest absolute Gasteiger partial charge is 0.175 e. The van der Waals surface area contributed by atoms with Crippen molar-refractivity contribution < 1.29 is 0 Å². The molecule has 112 valence electrons. The fourth-order valence-electron chi connectivity index (χ4n) is 1.89. The van der Waals surface area contributed by atoms with Gasteiger partial charge in [0, 0.05) is 16.8 Å². The van der Waals surface area contributed by atoms with Crippen LogP contribution in [-0.4, -0.2) is 33.5 Å². The van der Waals surface area contributed by atoms with Gasteiger partial charge in [0.2, 0.25) is 0 Å². The van der Waals surface area contributed by atoms with E-state index >= 15 is 0 Å². The summed E-state index contributed by atoms with van der Waals surface area (Å²) in [6.07, 6.45) is 1.78. The average Bonchev–Trinajstić information content (AvgIpc) is 2.90. The second-order valence-corrected chi connectivity index (χ2v) is 6.90. The Morgan fingerprint density at radius 2 is 2.38 bits per heavy atom. The molecule has 1 N–H and O–H groups in total. The monoisotopic (exact) mass is 339 g/mol. The third-order valence-electron chi connectivity index (χ3n) is 2.95. The molecule has 0 bridgehead atoms. The van der Waals surface area contributed by atoms with Crippen molar-refractivity contribution in [2.24, 2.45) is 4.99 Å². The topological polar surface area (TPSA) is 27.6 Å². The highest BCUT2D eigenvalue weighted by Crippen LogP contribution is 2.26. The second kappa shape index (κ2) is 7.82. The molecule has 1 aromatic carbocycles. The lowest BCUT2D eigenvalue weighted by Crippen LogP contribution is -2.41. The molecule has 21 heavy (non-hydrogen) atoms. The lowest BCUT2D eigenvalue weighted by Gasteiger charge is -2.25. The molecule has 0 radical (unpaired) electrons. The van der Waals surface area contributed by atoms with Gasteiger partial charge in [0.25, 0.3) is 0 Å². The number of rotatable bonds is 4. The molecule has 1 heterocycles. The Labute approximate surface area is 140 Å². The third-order valence-corrected chi connectivity index (χ3v) is 4.80. The number of thioether (sulfide) groups is 1. The highest BCUT2D eigenvalue weighted by atomic mass is 35.5. The van der Waals surface area contributed by atoms with E-state index in [0.717, 1.165) is 22.3 Å². The third kappa shape index (κ3) is 4.46. The average molecular weight is 340 g/mol. The molecule has 0 amide bonds. The van der Waals surface area contributed by atoms with Gasteiger partial charge in [-0.1, -0.05) is 54.6 Å². The molecule has 0 spiro atoms. The number of nitrogens with zero attached hydrogens (tertiary/aromatic N) is 2. The number of amidine groups is 1. The lowest BCUT2D eigenvalue weighted by molar-refractivity contribution is 0.601. The van der Waals surface area contributed by atoms with E-state index in [1.165, 1.54) is 0 Å². The molecule has 3 nitrogen and oxygen atoms in total. The quantitative estimate of drug-likeness (QED) is 0.668. The van der Waals surface area contributed by atoms with E-state index < -0.39 is 0 Å². The number of hydrogen-bond donors (Lipinski definition) is 1. The maximum Gasteiger partial charge on any atom is 0.175 e. The van der Waals surface area contributed by atoms with Crippen LogP contribution in [0.5, 0.6) is 0 Å². The molecule has 0 saturated carbocycles. The van der Waals surface area contributed by atoms with Crippen LogP contribution in [0.25, 0.3) is 0 Å². The molecular weight excluding hydrogens is 322 g/mol. The summed E-state index contributed by atoms with van der Waals surface area (Å²) in [7, 11) is 0. The first-order valence-corrected chi connectivity index (χ1v) is 8.39. The van der Waals surface area contributed by atoms with E-state index in [4.69, 9.17) is 23.8 Å². The predicted molar refractivity (Wildman–Crippen MR) is 97.1 cm³/mol. The molecule has 1 atom stereocenters. The van der Waals surface area contributed by atoms with Gasteiger partial charge in [-0.15, -0.1) is 6.58 Å². The fourth-order valence-corrected chi connectivity index (χ4v) is 3.32. The van der Waals surface area contributed by atoms with Gasteiger partial charge in [-0.3, -0.25) is 9.89 Å². The van der Waals surface area contributed by atoms with Crippen molar-refractivity contribution in [3.8, 4) is 0 Å². The molecule has 0 saturated heterocycles. The first kappa shape index (κ1) is 16.3. The molecule has 0 fully saturated rings. The van der Waals surface area contributed by atoms with Crippen molar-refractivity contribution in [1.29, 1.82) is 0 Å². The maximum absolute atomic E-state index is 6.26. The van der Waals surface area contributed by atoms with E-state index in [9.17, 15) is 0 Å². The van der Waals surface area contributed by atoms with Crippen LogP contribution in [0.15, 0.2) is 41.9 Å². The van der Waals surface area contributed by atoms with Crippen LogP contribution in [0.2, 0.25) is 5.02 Å². The van der Waals surface area contributed by atoms with Crippen LogP contribution >= 0.6 is 35.6 Å². The Morgan fingerprint density at radius 3 is 3.00 bits per heavy atom. The highest BCUT2D eigenvalue weighted by molar-refractivity contribution is 8.14. The fraction of sp³-hybridized carbons (Fsp3) is 0.333. The molecule has 1 aliphatic rings. The second-order valence-electron chi connectivity index (χ2n) is 4.70. The predicted octanol–water partition coefficient (Wildman–Crippen LogP) is 3.69. The highest BCUT2D eigenvalue weighted by Gasteiger charge is 2.24. The number of aliphatic imine (C=N–C) groups is 1. The SMILES string of the molecule is C=CCNC(=S)N(Cc1ccccc1Cl)C1=NCC(C)S1. The first-order valence-electron chi connectivity index (χ1n) is 6.72. The Kier molecular flexibility index (Phi) is 6.08. The van der Waals surface area contributed by atoms with Gasteiger partial charge in [0.1, 0.15) is 0 Å². The molecular formula is C15H18ClN3S2. The number of nitrogens with one attached hydrogen (secondary N) is 1. The van der Waals surface area contributed by atoms with Crippen LogP contribution in [0.4, 0.5) is 0 Å². The van der Waals surface area contributed by atoms with Crippen molar-refractivity contribution in [3.63, 3.8) is 0 Å². The minimum absolute atomic E-state index is 0.482. The Balaban J connectivity index is 2.17. The van der Waals surface area contributed by atoms with Gasteiger partial charge in [0.05, 0.1) is 13.1 Å². The minimum Gasteiger partial charge on any atom is -0.359 e. The molecule has 6 heteroatoms. The zero-order valence-corrected chi connectivity index (χ0v) is 14.3. The van der Waals surface area contributed by atoms with Crippen molar-refractivity contribution in [2.75, 3.05) is 13.1 Å². The van der Waals surface area contributed by atoms with Crippen molar-refractivity contribution in [1.82, 2.24) is 10.2 Å². The zero-order valence-electron chi connectivity index (χ0n) is 11.9. The van der Waals surface area contributed by atoms with E-state index in [1.807, 2.05) is 29.2 Å². The molecule has 0 aliphatic carbocycles. The van der Waals surface area contributed by atoms with Gasteiger partial charge in [0.15, 0.2) is 10.3 Å². The molecule has 0 aromatic heterocycles. The van der Waals surface area contributed by atoms with E-state index in [2.05, 4.69) is 23.8 Å². The normalized spacial score (nSPS) is 17.2. The van der Waals surface area contributed by atoms with Crippen LogP contribution in [-0.2, 0) is 6.54 Å². The summed E-state index contributed by atoms with van der Waals surface area (Å²) in [6.45, 7) is 7.93. The number of halogens is 1. The van der Waals surface area contributed by atoms with Gasteiger partial charge in [-0.05, 0) is 23.8 Å². The minimum atomic E-state index is 0.482. The summed E-state index contributed by atoms with van der Waals surface area (Å²) in [5.74, 6) is 0. The van der Waals surface area contributed by atoms with Crippen molar-refractivity contribution in [3.05, 3.63) is 47.5 Å². The summed E-state index contributed by atoms with van der Waals surface area (Å²) in [5.41, 5.74) is 1.03. The molecule has 1 unspecified atom stereocenters. The van der Waals surface area contributed by atoms with Crippen molar-refractivity contribution >= 4 is 45.9 Å². The molecule has 1 aromatic rings. The van der Waals surface area contributed by atoms with E-state index in [-0.39, 0.29) is 0 Å². The van der Waals surface area contributed by atoms with Crippen LogP contribution in [0.1, 0.15) is 12.5 Å². The zero-order chi connectivity index (χ0) is 15.2. The summed E-state index contributed by atoms with van der Waals surface area (Å²) >= 11 is 13.5. The van der Waals surface area contributed by atoms with E-state index in [0.29, 0.717) is 23.5 Å². The van der Waals surface area contributed by atoms with Gasteiger partial charge >= 0.3 is 0 Å². The summed E-state index contributed by atoms with van der Waals surface area (Å²) in [5, 5.41) is 5.99. The standard InChI is InChI=1S/C15H18ClN3S2/c1-3-8-17-14(20)19(15-18-9-11(2)21-15)10-12-6-4-5-7-13(12)16/h3-7,11H,1,8-10H2,2H3,(H,17,20). The number of hydrogen-bond acceptors (Lipinski definition) is 3. The maximum atomic E-state index is 6.26. The summed E-state index contributed by atoms with van der Waals surface area (Å²) in [4.78, 5) is 6.59. The van der Waals surface area contributed by atoms with Crippen LogP contribution in [0, 0.1) is 0 Å². The van der Waals surface area contributed by atoms with Gasteiger partial charge < -0.3 is 5.32 Å². The van der Waals surface area contributed by atoms with E-state index in [1.54, 1.807) is 17.8 Å². The van der Waals surface area contributed by atoms with Crippen molar-refractivity contribution in [2.45, 2.75) is 18.7 Å². The van der Waals surface area contributed by atoms with Gasteiger partial charge in [-0.2, -0.15) is 0 Å². The summed E-state index contributed by atoms with van der Waals surface area (Å²) < 4.78 is 0. The molecule has 2 rings (SSSR count). The Hall–Kier alpha value is -1.04. The number of benzene rings is 1. The molecule has 1 aliphatic heterocycles. The summed E-state index contributed by atoms with van der Waals surface area (Å²) in [6, 6.07) is 7.80. The largest absolute Gasteiger partial charge is 0.359 e. The first-order chi connectivity index (χ1) is 10.1.